The summed E-state index contributed by atoms with van der Waals surface area (Å²) >= 11 is 5.89. The van der Waals surface area contributed by atoms with E-state index in [1.165, 1.54) is 0 Å². The molecule has 4 nitrogen and oxygen atoms in total. The highest BCUT2D eigenvalue weighted by molar-refractivity contribution is 6.30. The quantitative estimate of drug-likeness (QED) is 0.819. The summed E-state index contributed by atoms with van der Waals surface area (Å²) in [5, 5.41) is 7.85. The van der Waals surface area contributed by atoms with Crippen LogP contribution in [0.15, 0.2) is 30.3 Å². The number of halogens is 1. The van der Waals surface area contributed by atoms with E-state index in [4.69, 9.17) is 17.3 Å². The van der Waals surface area contributed by atoms with Gasteiger partial charge in [0.25, 0.3) is 0 Å². The van der Waals surface area contributed by atoms with Gasteiger partial charge in [-0.3, -0.25) is 0 Å². The maximum Gasteiger partial charge on any atom is 0.150 e. The Morgan fingerprint density at radius 3 is 2.80 bits per heavy atom. The molecule has 5 heteroatoms. The molecule has 2 aromatic rings. The van der Waals surface area contributed by atoms with Crippen LogP contribution in [-0.4, -0.2) is 16.8 Å². The minimum Gasteiger partial charge on any atom is -0.384 e. The first-order valence-electron chi connectivity index (χ1n) is 4.50. The largest absolute Gasteiger partial charge is 0.384 e. The molecular weight excluding hydrogens is 212 g/mol. The van der Waals surface area contributed by atoms with E-state index in [1.54, 1.807) is 17.8 Å². The molecule has 3 N–H and O–H groups in total. The zero-order chi connectivity index (χ0) is 10.8. The fourth-order valence-electron chi connectivity index (χ4n) is 1.33. The average Bonchev–Trinajstić information content (AvgIpc) is 2.60. The molecule has 0 unspecified atom stereocenters. The Bertz CT molecular complexity index is 478. The topological polar surface area (TPSA) is 55.9 Å². The molecule has 0 aliphatic rings. The van der Waals surface area contributed by atoms with Crippen LogP contribution in [0, 0.1) is 0 Å². The maximum atomic E-state index is 5.89. The smallest absolute Gasteiger partial charge is 0.150 e. The number of nitrogen functional groups attached to an aromatic ring is 1. The number of aromatic nitrogens is 2. The molecule has 1 aromatic heterocycles. The number of hydrogen-bond acceptors (Lipinski definition) is 3. The van der Waals surface area contributed by atoms with Crippen LogP contribution in [0.25, 0.3) is 5.69 Å². The van der Waals surface area contributed by atoms with E-state index < -0.39 is 0 Å². The van der Waals surface area contributed by atoms with Gasteiger partial charge in [0.2, 0.25) is 0 Å². The van der Waals surface area contributed by atoms with Crippen LogP contribution < -0.4 is 11.1 Å². The van der Waals surface area contributed by atoms with E-state index in [2.05, 4.69) is 10.4 Å². The summed E-state index contributed by atoms with van der Waals surface area (Å²) in [7, 11) is 1.80. The van der Waals surface area contributed by atoms with Gasteiger partial charge in [0.05, 0.1) is 5.69 Å². The lowest BCUT2D eigenvalue weighted by molar-refractivity contribution is 0.894. The molecular formula is C10H11ClN4. The van der Waals surface area contributed by atoms with Crippen LogP contribution in [0.5, 0.6) is 0 Å². The van der Waals surface area contributed by atoms with Crippen molar-refractivity contribution in [1.82, 2.24) is 9.78 Å². The van der Waals surface area contributed by atoms with E-state index in [-0.39, 0.29) is 0 Å². The normalized spacial score (nSPS) is 10.3. The second-order valence-electron chi connectivity index (χ2n) is 3.10. The summed E-state index contributed by atoms with van der Waals surface area (Å²) in [5.74, 6) is 1.30. The summed E-state index contributed by atoms with van der Waals surface area (Å²) in [5.41, 5.74) is 6.67. The minimum atomic E-state index is 0.571. The Hall–Kier alpha value is -1.68. The highest BCUT2D eigenvalue weighted by atomic mass is 35.5. The van der Waals surface area contributed by atoms with Crippen molar-refractivity contribution in [2.75, 3.05) is 18.1 Å². The number of hydrogen-bond donors (Lipinski definition) is 2. The lowest BCUT2D eigenvalue weighted by atomic mass is 10.3. The molecule has 1 heterocycles. The second kappa shape index (κ2) is 3.82. The highest BCUT2D eigenvalue weighted by Gasteiger charge is 2.05. The zero-order valence-corrected chi connectivity index (χ0v) is 8.99. The van der Waals surface area contributed by atoms with Crippen LogP contribution in [0.3, 0.4) is 0 Å². The van der Waals surface area contributed by atoms with Crippen molar-refractivity contribution in [2.24, 2.45) is 0 Å². The Balaban J connectivity index is 2.48. The van der Waals surface area contributed by atoms with Crippen LogP contribution >= 0.6 is 11.6 Å². The summed E-state index contributed by atoms with van der Waals surface area (Å²) in [4.78, 5) is 0. The van der Waals surface area contributed by atoms with E-state index >= 15 is 0 Å². The van der Waals surface area contributed by atoms with Gasteiger partial charge in [0.1, 0.15) is 11.6 Å². The number of anilines is 2. The third-order valence-corrected chi connectivity index (χ3v) is 2.28. The van der Waals surface area contributed by atoms with Crippen LogP contribution in [0.4, 0.5) is 11.6 Å². The molecule has 0 fully saturated rings. The SMILES string of the molecule is CNc1cc(N)n(-c2cccc(Cl)c2)n1. The molecule has 0 atom stereocenters. The molecule has 0 saturated carbocycles. The van der Waals surface area contributed by atoms with Gasteiger partial charge < -0.3 is 11.1 Å². The predicted molar refractivity (Wildman–Crippen MR) is 62.5 cm³/mol. The minimum absolute atomic E-state index is 0.571. The van der Waals surface area contributed by atoms with Crippen molar-refractivity contribution in [3.8, 4) is 5.69 Å². The van der Waals surface area contributed by atoms with E-state index in [0.717, 1.165) is 11.5 Å². The number of benzene rings is 1. The Labute approximate surface area is 92.7 Å². The molecule has 0 saturated heterocycles. The molecule has 2 rings (SSSR count). The van der Waals surface area contributed by atoms with E-state index in [9.17, 15) is 0 Å². The molecule has 15 heavy (non-hydrogen) atoms. The van der Waals surface area contributed by atoms with Gasteiger partial charge >= 0.3 is 0 Å². The van der Waals surface area contributed by atoms with Crippen molar-refractivity contribution < 1.29 is 0 Å². The molecule has 0 bridgehead atoms. The molecule has 1 aromatic carbocycles. The van der Waals surface area contributed by atoms with E-state index in [0.29, 0.717) is 10.8 Å². The second-order valence-corrected chi connectivity index (χ2v) is 3.53. The summed E-state index contributed by atoms with van der Waals surface area (Å²) < 4.78 is 1.64. The third kappa shape index (κ3) is 1.89. The predicted octanol–water partition coefficient (Wildman–Crippen LogP) is 2.15. The molecule has 0 aliphatic carbocycles. The van der Waals surface area contributed by atoms with E-state index in [1.807, 2.05) is 24.3 Å². The summed E-state index contributed by atoms with van der Waals surface area (Å²) in [6.45, 7) is 0. The average molecular weight is 223 g/mol. The van der Waals surface area contributed by atoms with Crippen LogP contribution in [0.2, 0.25) is 5.02 Å². The van der Waals surface area contributed by atoms with Crippen molar-refractivity contribution in [2.45, 2.75) is 0 Å². The number of nitrogens with one attached hydrogen (secondary N) is 1. The zero-order valence-electron chi connectivity index (χ0n) is 8.24. The van der Waals surface area contributed by atoms with Crippen molar-refractivity contribution >= 4 is 23.2 Å². The molecule has 0 amide bonds. The Morgan fingerprint density at radius 2 is 2.20 bits per heavy atom. The fraction of sp³-hybridized carbons (Fsp3) is 0.100. The first-order chi connectivity index (χ1) is 7.20. The Morgan fingerprint density at radius 1 is 1.40 bits per heavy atom. The van der Waals surface area contributed by atoms with Gasteiger partial charge in [-0.1, -0.05) is 17.7 Å². The highest BCUT2D eigenvalue weighted by Crippen LogP contribution is 2.19. The number of rotatable bonds is 2. The number of nitrogens with two attached hydrogens (primary N) is 1. The summed E-state index contributed by atoms with van der Waals surface area (Å²) in [6, 6.07) is 9.14. The monoisotopic (exact) mass is 222 g/mol. The molecule has 0 aliphatic heterocycles. The molecule has 0 radical (unpaired) electrons. The van der Waals surface area contributed by atoms with Crippen LogP contribution in [-0.2, 0) is 0 Å². The van der Waals surface area contributed by atoms with Crippen molar-refractivity contribution in [3.63, 3.8) is 0 Å². The molecule has 78 valence electrons. The molecule has 0 spiro atoms. The van der Waals surface area contributed by atoms with Crippen LogP contribution in [0.1, 0.15) is 0 Å². The van der Waals surface area contributed by atoms with Gasteiger partial charge in [0.15, 0.2) is 0 Å². The first kappa shape index (κ1) is 9.86. The third-order valence-electron chi connectivity index (χ3n) is 2.05. The van der Waals surface area contributed by atoms with Gasteiger partial charge in [-0.15, -0.1) is 5.10 Å². The maximum absolute atomic E-state index is 5.89. The lowest BCUT2D eigenvalue weighted by Gasteiger charge is -2.03. The lowest BCUT2D eigenvalue weighted by Crippen LogP contribution is -2.01. The van der Waals surface area contributed by atoms with Crippen molar-refractivity contribution in [1.29, 1.82) is 0 Å². The standard InChI is InChI=1S/C10H11ClN4/c1-13-10-6-9(12)15(14-10)8-4-2-3-7(11)5-8/h2-6H,12H2,1H3,(H,13,14). The van der Waals surface area contributed by atoms with Gasteiger partial charge in [-0.05, 0) is 18.2 Å². The first-order valence-corrected chi connectivity index (χ1v) is 4.88. The summed E-state index contributed by atoms with van der Waals surface area (Å²) in [6.07, 6.45) is 0. The van der Waals surface area contributed by atoms with Crippen molar-refractivity contribution in [3.05, 3.63) is 35.4 Å². The Kier molecular flexibility index (Phi) is 2.51. The van der Waals surface area contributed by atoms with Gasteiger partial charge in [-0.2, -0.15) is 0 Å². The van der Waals surface area contributed by atoms with Gasteiger partial charge in [-0.25, -0.2) is 4.68 Å². The fourth-order valence-corrected chi connectivity index (χ4v) is 1.52. The number of nitrogens with zero attached hydrogens (tertiary/aromatic N) is 2. The van der Waals surface area contributed by atoms with Gasteiger partial charge in [0, 0.05) is 18.1 Å².